The maximum absolute atomic E-state index is 12.8. The number of aliphatic hydroxyl groups excluding tert-OH is 1. The Balaban J connectivity index is 2.46. The van der Waals surface area contributed by atoms with Crippen molar-refractivity contribution < 1.29 is 9.90 Å². The highest BCUT2D eigenvalue weighted by atomic mass is 79.9. The predicted molar refractivity (Wildman–Crippen MR) is 128 cm³/mol. The van der Waals surface area contributed by atoms with E-state index in [4.69, 9.17) is 0 Å². The molecule has 172 valence electrons. The first-order valence-corrected chi connectivity index (χ1v) is 11.7. The molecule has 2 aromatic heterocycles. The summed E-state index contributed by atoms with van der Waals surface area (Å²) < 4.78 is 2.61. The van der Waals surface area contributed by atoms with Gasteiger partial charge in [-0.15, -0.1) is 11.3 Å². The van der Waals surface area contributed by atoms with E-state index in [0.29, 0.717) is 32.6 Å². The third-order valence-electron chi connectivity index (χ3n) is 4.51. The number of thiazole rings is 1. The number of halogens is 1. The Labute approximate surface area is 197 Å². The summed E-state index contributed by atoms with van der Waals surface area (Å²) in [7, 11) is 0. The van der Waals surface area contributed by atoms with Gasteiger partial charge in [0.25, 0.3) is 11.5 Å². The Bertz CT molecular complexity index is 1180. The molecule has 10 nitrogen and oxygen atoms in total. The van der Waals surface area contributed by atoms with E-state index in [1.165, 1.54) is 10.8 Å². The van der Waals surface area contributed by atoms with Crippen LogP contribution in [0.3, 0.4) is 0 Å². The van der Waals surface area contributed by atoms with Gasteiger partial charge >= 0.3 is 0 Å². The first-order valence-electron chi connectivity index (χ1n) is 10.1. The smallest absolute Gasteiger partial charge is 0.270 e. The molecular formula is C20H26BrN7O3S. The zero-order valence-electron chi connectivity index (χ0n) is 18.3. The molecule has 0 saturated carbocycles. The van der Waals surface area contributed by atoms with Crippen molar-refractivity contribution in [3.05, 3.63) is 30.2 Å². The van der Waals surface area contributed by atoms with Gasteiger partial charge in [-0.05, 0) is 35.7 Å². The van der Waals surface area contributed by atoms with Gasteiger partial charge in [0, 0.05) is 25.5 Å². The molecule has 0 spiro atoms. The van der Waals surface area contributed by atoms with Crippen LogP contribution in [0, 0.1) is 17.2 Å². The lowest BCUT2D eigenvalue weighted by Crippen LogP contribution is -2.34. The SMILES string of the molecule is CCNC(=O)/C(C#N)=c1\s/c(=C/Nc2ncc(Br)c(N[C@@H](CO)C(C)C)n2)c(=O)n1CC. The lowest BCUT2D eigenvalue weighted by molar-refractivity contribution is -0.115. The molecule has 4 N–H and O–H groups in total. The van der Waals surface area contributed by atoms with E-state index >= 15 is 0 Å². The van der Waals surface area contributed by atoms with Gasteiger partial charge in [-0.2, -0.15) is 10.2 Å². The van der Waals surface area contributed by atoms with Crippen molar-refractivity contribution in [3.8, 4) is 6.07 Å². The first-order chi connectivity index (χ1) is 15.3. The number of aliphatic hydroxyl groups is 1. The molecule has 12 heteroatoms. The number of nitriles is 1. The van der Waals surface area contributed by atoms with Crippen molar-refractivity contribution in [2.24, 2.45) is 5.92 Å². The summed E-state index contributed by atoms with van der Waals surface area (Å²) in [5.74, 6) is 0.394. The minimum absolute atomic E-state index is 0.0547. The highest BCUT2D eigenvalue weighted by Crippen LogP contribution is 2.22. The minimum atomic E-state index is -0.520. The molecule has 0 unspecified atom stereocenters. The largest absolute Gasteiger partial charge is 0.394 e. The topological polar surface area (TPSA) is 145 Å². The van der Waals surface area contributed by atoms with E-state index in [9.17, 15) is 20.0 Å². The van der Waals surface area contributed by atoms with Crippen LogP contribution < -0.4 is 30.7 Å². The second-order valence-electron chi connectivity index (χ2n) is 7.02. The molecule has 0 saturated heterocycles. The van der Waals surface area contributed by atoms with Gasteiger partial charge < -0.3 is 21.1 Å². The van der Waals surface area contributed by atoms with Gasteiger partial charge in [0.1, 0.15) is 21.1 Å². The molecule has 0 aliphatic carbocycles. The molecule has 1 amide bonds. The lowest BCUT2D eigenvalue weighted by Gasteiger charge is -2.21. The Kier molecular flexibility index (Phi) is 9.37. The third kappa shape index (κ3) is 5.93. The summed E-state index contributed by atoms with van der Waals surface area (Å²) in [5.41, 5.74) is -0.432. The second-order valence-corrected chi connectivity index (χ2v) is 8.91. The third-order valence-corrected chi connectivity index (χ3v) is 6.22. The monoisotopic (exact) mass is 523 g/mol. The van der Waals surface area contributed by atoms with Crippen LogP contribution in [0.15, 0.2) is 15.5 Å². The summed E-state index contributed by atoms with van der Waals surface area (Å²) in [4.78, 5) is 33.6. The van der Waals surface area contributed by atoms with Crippen molar-refractivity contribution in [3.63, 3.8) is 0 Å². The van der Waals surface area contributed by atoms with E-state index in [-0.39, 0.29) is 35.6 Å². The van der Waals surface area contributed by atoms with Crippen molar-refractivity contribution in [2.45, 2.75) is 40.3 Å². The Morgan fingerprint density at radius 1 is 1.44 bits per heavy atom. The predicted octanol–water partition coefficient (Wildman–Crippen LogP) is 0.571. The average Bonchev–Trinajstić information content (AvgIpc) is 3.07. The Hall–Kier alpha value is -2.75. The Morgan fingerprint density at radius 3 is 2.72 bits per heavy atom. The number of nitrogens with zero attached hydrogens (tertiary/aromatic N) is 4. The van der Waals surface area contributed by atoms with Crippen LogP contribution in [0.4, 0.5) is 11.8 Å². The van der Waals surface area contributed by atoms with E-state index in [1.807, 2.05) is 19.9 Å². The van der Waals surface area contributed by atoms with Crippen molar-refractivity contribution in [2.75, 3.05) is 23.8 Å². The number of amides is 1. The molecule has 32 heavy (non-hydrogen) atoms. The molecule has 0 bridgehead atoms. The quantitative estimate of drug-likeness (QED) is 0.373. The van der Waals surface area contributed by atoms with Gasteiger partial charge in [0.2, 0.25) is 5.95 Å². The fraction of sp³-hybridized carbons (Fsp3) is 0.450. The van der Waals surface area contributed by atoms with Crippen LogP contribution in [-0.2, 0) is 11.3 Å². The molecule has 0 aromatic carbocycles. The summed E-state index contributed by atoms with van der Waals surface area (Å²) in [5, 5.41) is 27.7. The first kappa shape index (κ1) is 25.5. The fourth-order valence-electron chi connectivity index (χ4n) is 2.70. The molecule has 2 heterocycles. The zero-order valence-corrected chi connectivity index (χ0v) is 20.7. The summed E-state index contributed by atoms with van der Waals surface area (Å²) in [6.07, 6.45) is 3.01. The van der Waals surface area contributed by atoms with Crippen LogP contribution in [-0.4, -0.2) is 44.7 Å². The number of rotatable bonds is 9. The lowest BCUT2D eigenvalue weighted by atomic mass is 10.1. The molecule has 0 aliphatic heterocycles. The maximum atomic E-state index is 12.8. The number of aromatic nitrogens is 3. The van der Waals surface area contributed by atoms with Crippen LogP contribution in [0.5, 0.6) is 0 Å². The van der Waals surface area contributed by atoms with Crippen LogP contribution in [0.25, 0.3) is 11.8 Å². The number of hydrogen-bond donors (Lipinski definition) is 4. The molecular weight excluding hydrogens is 498 g/mol. The van der Waals surface area contributed by atoms with Crippen LogP contribution in [0.1, 0.15) is 27.7 Å². The normalized spacial score (nSPS) is 13.5. The minimum Gasteiger partial charge on any atom is -0.394 e. The molecule has 2 aromatic rings. The molecule has 0 fully saturated rings. The molecule has 1 atom stereocenters. The zero-order chi connectivity index (χ0) is 23.8. The van der Waals surface area contributed by atoms with Gasteiger partial charge in [-0.1, -0.05) is 13.8 Å². The van der Waals surface area contributed by atoms with Gasteiger partial charge in [-0.3, -0.25) is 14.2 Å². The summed E-state index contributed by atoms with van der Waals surface area (Å²) in [6, 6.07) is 1.71. The van der Waals surface area contributed by atoms with Crippen molar-refractivity contribution in [1.29, 1.82) is 5.26 Å². The fourth-order valence-corrected chi connectivity index (χ4v) is 4.10. The standard InChI is InChI=1S/C20H26BrN7O3S/c1-5-23-17(30)12(7-22)19-28(6-2)18(31)15(32-19)9-25-20-24-8-13(21)16(27-20)26-14(10-29)11(3)4/h8-9,11,14,29H,5-6,10H2,1-4H3,(H,23,30)(H2,24,25,26,27)/b15-9+,19-12-/t14-/m0/s1. The number of carbonyl (C=O) groups excluding carboxylic acids is 1. The highest BCUT2D eigenvalue weighted by molar-refractivity contribution is 9.10. The van der Waals surface area contributed by atoms with Crippen molar-refractivity contribution >= 4 is 56.7 Å². The average molecular weight is 524 g/mol. The van der Waals surface area contributed by atoms with Crippen LogP contribution in [0.2, 0.25) is 0 Å². The number of carbonyl (C=O) groups is 1. The summed E-state index contributed by atoms with van der Waals surface area (Å²) in [6.45, 7) is 8.11. The second kappa shape index (κ2) is 11.8. The number of anilines is 2. The van der Waals surface area contributed by atoms with Gasteiger partial charge in [-0.25, -0.2) is 4.98 Å². The Morgan fingerprint density at radius 2 is 2.16 bits per heavy atom. The number of hydrogen-bond acceptors (Lipinski definition) is 9. The highest BCUT2D eigenvalue weighted by Gasteiger charge is 2.16. The van der Waals surface area contributed by atoms with E-state index in [1.54, 1.807) is 20.0 Å². The number of nitrogens with one attached hydrogen (secondary N) is 3. The van der Waals surface area contributed by atoms with Gasteiger partial charge in [0.05, 0.1) is 17.1 Å². The maximum Gasteiger partial charge on any atom is 0.270 e. The molecule has 0 radical (unpaired) electrons. The summed E-state index contributed by atoms with van der Waals surface area (Å²) >= 11 is 4.43. The van der Waals surface area contributed by atoms with Gasteiger partial charge in [0.15, 0.2) is 5.57 Å². The molecule has 0 aliphatic rings. The van der Waals surface area contributed by atoms with E-state index < -0.39 is 5.91 Å². The van der Waals surface area contributed by atoms with Crippen LogP contribution >= 0.6 is 27.3 Å². The molecule has 2 rings (SSSR count). The van der Waals surface area contributed by atoms with E-state index in [2.05, 4.69) is 41.8 Å². The van der Waals surface area contributed by atoms with Crippen molar-refractivity contribution in [1.82, 2.24) is 19.9 Å². The van der Waals surface area contributed by atoms with E-state index in [0.717, 1.165) is 11.3 Å².